The quantitative estimate of drug-likeness (QED) is 0.626. The zero-order valence-corrected chi connectivity index (χ0v) is 16.1. The summed E-state index contributed by atoms with van der Waals surface area (Å²) >= 11 is 5.43. The number of ether oxygens (including phenoxy) is 1. The number of hydrogen-bond acceptors (Lipinski definition) is 3. The first-order valence-electron chi connectivity index (χ1n) is 8.15. The normalized spacial score (nSPS) is 11.6. The predicted octanol–water partition coefficient (Wildman–Crippen LogP) is 4.45. The zero-order valence-electron chi connectivity index (χ0n) is 15.3. The van der Waals surface area contributed by atoms with Gasteiger partial charge in [0.05, 0.1) is 18.7 Å². The Morgan fingerprint density at radius 1 is 1.04 bits per heavy atom. The zero-order chi connectivity index (χ0) is 18.6. The first kappa shape index (κ1) is 18.9. The standard InChI is InChI=1S/C20H24N2O2S/c1-12-6-8-16(10-14(12)3)15(4)21-20(25)22-18-11-17(19(23)24-5)9-7-13(18)2/h6-11,15H,1-5H3,(H2,21,22,25)/t15-/m0/s1. The number of rotatable bonds is 4. The summed E-state index contributed by atoms with van der Waals surface area (Å²) in [5.74, 6) is -0.370. The highest BCUT2D eigenvalue weighted by molar-refractivity contribution is 7.80. The van der Waals surface area contributed by atoms with Gasteiger partial charge in [-0.05, 0) is 74.3 Å². The summed E-state index contributed by atoms with van der Waals surface area (Å²) in [5.41, 5.74) is 5.97. The molecule has 4 nitrogen and oxygen atoms in total. The van der Waals surface area contributed by atoms with Crippen molar-refractivity contribution in [2.45, 2.75) is 33.7 Å². The number of hydrogen-bond donors (Lipinski definition) is 2. The van der Waals surface area contributed by atoms with Crippen LogP contribution < -0.4 is 10.6 Å². The average molecular weight is 356 g/mol. The van der Waals surface area contributed by atoms with Gasteiger partial charge in [0.1, 0.15) is 0 Å². The predicted molar refractivity (Wildman–Crippen MR) is 106 cm³/mol. The van der Waals surface area contributed by atoms with E-state index < -0.39 is 0 Å². The Hall–Kier alpha value is -2.40. The van der Waals surface area contributed by atoms with Crippen molar-refractivity contribution >= 4 is 29.0 Å². The van der Waals surface area contributed by atoms with Gasteiger partial charge < -0.3 is 15.4 Å². The summed E-state index contributed by atoms with van der Waals surface area (Å²) in [5, 5.41) is 6.96. The van der Waals surface area contributed by atoms with Gasteiger partial charge in [-0.15, -0.1) is 0 Å². The maximum atomic E-state index is 11.7. The summed E-state index contributed by atoms with van der Waals surface area (Å²) in [4.78, 5) is 11.7. The van der Waals surface area contributed by atoms with Gasteiger partial charge in [0.15, 0.2) is 5.11 Å². The van der Waals surface area contributed by atoms with Gasteiger partial charge in [-0.2, -0.15) is 0 Å². The number of aryl methyl sites for hydroxylation is 3. The van der Waals surface area contributed by atoms with E-state index in [9.17, 15) is 4.79 Å². The summed E-state index contributed by atoms with van der Waals surface area (Å²) in [7, 11) is 1.37. The molecule has 132 valence electrons. The van der Waals surface area contributed by atoms with Gasteiger partial charge in [-0.25, -0.2) is 4.79 Å². The average Bonchev–Trinajstić information content (AvgIpc) is 2.58. The van der Waals surface area contributed by atoms with Gasteiger partial charge in [-0.3, -0.25) is 0 Å². The van der Waals surface area contributed by atoms with Crippen LogP contribution in [-0.2, 0) is 4.74 Å². The van der Waals surface area contributed by atoms with E-state index in [1.54, 1.807) is 12.1 Å². The van der Waals surface area contributed by atoms with Crippen LogP contribution >= 0.6 is 12.2 Å². The highest BCUT2D eigenvalue weighted by Crippen LogP contribution is 2.19. The minimum atomic E-state index is -0.370. The highest BCUT2D eigenvalue weighted by atomic mass is 32.1. The lowest BCUT2D eigenvalue weighted by molar-refractivity contribution is 0.0601. The lowest BCUT2D eigenvalue weighted by Crippen LogP contribution is -2.31. The van der Waals surface area contributed by atoms with Gasteiger partial charge in [-0.1, -0.05) is 24.3 Å². The molecule has 0 aromatic heterocycles. The summed E-state index contributed by atoms with van der Waals surface area (Å²) < 4.78 is 4.76. The number of carbonyl (C=O) groups is 1. The van der Waals surface area contributed by atoms with Crippen LogP contribution in [0, 0.1) is 20.8 Å². The van der Waals surface area contributed by atoms with Crippen LogP contribution in [-0.4, -0.2) is 18.2 Å². The van der Waals surface area contributed by atoms with Crippen LogP contribution in [0.25, 0.3) is 0 Å². The Labute approximate surface area is 154 Å². The summed E-state index contributed by atoms with van der Waals surface area (Å²) in [6, 6.07) is 11.8. The van der Waals surface area contributed by atoms with Crippen LogP contribution in [0.5, 0.6) is 0 Å². The Morgan fingerprint density at radius 3 is 2.36 bits per heavy atom. The minimum Gasteiger partial charge on any atom is -0.465 e. The van der Waals surface area contributed by atoms with Crippen molar-refractivity contribution in [3.05, 3.63) is 64.2 Å². The molecule has 0 spiro atoms. The Bertz CT molecular complexity index is 802. The molecule has 0 saturated heterocycles. The summed E-state index contributed by atoms with van der Waals surface area (Å²) in [6.07, 6.45) is 0. The molecule has 0 saturated carbocycles. The third-order valence-electron chi connectivity index (χ3n) is 4.29. The second kappa shape index (κ2) is 8.12. The largest absolute Gasteiger partial charge is 0.465 e. The van der Waals surface area contributed by atoms with Gasteiger partial charge >= 0.3 is 5.97 Å². The van der Waals surface area contributed by atoms with E-state index in [4.69, 9.17) is 17.0 Å². The third-order valence-corrected chi connectivity index (χ3v) is 4.51. The molecular weight excluding hydrogens is 332 g/mol. The Morgan fingerprint density at radius 2 is 1.72 bits per heavy atom. The fourth-order valence-electron chi connectivity index (χ4n) is 2.47. The molecule has 25 heavy (non-hydrogen) atoms. The molecule has 1 atom stereocenters. The lowest BCUT2D eigenvalue weighted by Gasteiger charge is -2.19. The van der Waals surface area contributed by atoms with Crippen LogP contribution in [0.4, 0.5) is 5.69 Å². The molecule has 0 aliphatic heterocycles. The van der Waals surface area contributed by atoms with Crippen molar-refractivity contribution in [3.63, 3.8) is 0 Å². The second-order valence-electron chi connectivity index (χ2n) is 6.19. The number of anilines is 1. The monoisotopic (exact) mass is 356 g/mol. The van der Waals surface area contributed by atoms with Crippen LogP contribution in [0.3, 0.4) is 0 Å². The molecule has 0 heterocycles. The first-order chi connectivity index (χ1) is 11.8. The van der Waals surface area contributed by atoms with E-state index in [0.717, 1.165) is 11.3 Å². The molecule has 2 rings (SSSR count). The van der Waals surface area contributed by atoms with Crippen LogP contribution in [0.15, 0.2) is 36.4 Å². The maximum absolute atomic E-state index is 11.7. The number of nitrogens with one attached hydrogen (secondary N) is 2. The SMILES string of the molecule is COC(=O)c1ccc(C)c(NC(=S)N[C@@H](C)c2ccc(C)c(C)c2)c1. The Balaban J connectivity index is 2.09. The van der Waals surface area contributed by atoms with Crippen molar-refractivity contribution < 1.29 is 9.53 Å². The van der Waals surface area contributed by atoms with E-state index in [-0.39, 0.29) is 12.0 Å². The number of thiocarbonyl (C=S) groups is 1. The van der Waals surface area contributed by atoms with Gasteiger partial charge in [0, 0.05) is 5.69 Å². The molecule has 0 radical (unpaired) electrons. The molecule has 2 N–H and O–H groups in total. The van der Waals surface area contributed by atoms with Crippen molar-refractivity contribution in [2.24, 2.45) is 0 Å². The molecular formula is C20H24N2O2S. The summed E-state index contributed by atoms with van der Waals surface area (Å²) in [6.45, 7) is 8.22. The molecule has 0 aliphatic carbocycles. The van der Waals surface area contributed by atoms with E-state index in [2.05, 4.69) is 49.6 Å². The fraction of sp³-hybridized carbons (Fsp3) is 0.300. The van der Waals surface area contributed by atoms with Crippen LogP contribution in [0.2, 0.25) is 0 Å². The van der Waals surface area contributed by atoms with Crippen molar-refractivity contribution in [1.82, 2.24) is 5.32 Å². The van der Waals surface area contributed by atoms with E-state index in [1.165, 1.54) is 23.8 Å². The van der Waals surface area contributed by atoms with Crippen molar-refractivity contribution in [1.29, 1.82) is 0 Å². The number of benzene rings is 2. The molecule has 0 aliphatic rings. The molecule has 2 aromatic rings. The highest BCUT2D eigenvalue weighted by Gasteiger charge is 2.11. The van der Waals surface area contributed by atoms with Crippen molar-refractivity contribution in [2.75, 3.05) is 12.4 Å². The molecule has 5 heteroatoms. The second-order valence-corrected chi connectivity index (χ2v) is 6.59. The number of carbonyl (C=O) groups excluding carboxylic acids is 1. The fourth-order valence-corrected chi connectivity index (χ4v) is 2.76. The lowest BCUT2D eigenvalue weighted by atomic mass is 10.0. The van der Waals surface area contributed by atoms with E-state index >= 15 is 0 Å². The van der Waals surface area contributed by atoms with Gasteiger partial charge in [0.25, 0.3) is 0 Å². The molecule has 0 amide bonds. The molecule has 0 unspecified atom stereocenters. The third kappa shape index (κ3) is 4.79. The number of esters is 1. The first-order valence-corrected chi connectivity index (χ1v) is 8.56. The van der Waals surface area contributed by atoms with E-state index in [0.29, 0.717) is 10.7 Å². The Kier molecular flexibility index (Phi) is 6.15. The number of methoxy groups -OCH3 is 1. The topological polar surface area (TPSA) is 50.4 Å². The molecule has 0 fully saturated rings. The minimum absolute atomic E-state index is 0.0726. The van der Waals surface area contributed by atoms with E-state index in [1.807, 2.05) is 13.0 Å². The van der Waals surface area contributed by atoms with Crippen LogP contribution in [0.1, 0.15) is 45.6 Å². The van der Waals surface area contributed by atoms with Gasteiger partial charge in [0.2, 0.25) is 0 Å². The smallest absolute Gasteiger partial charge is 0.337 e. The maximum Gasteiger partial charge on any atom is 0.337 e. The van der Waals surface area contributed by atoms with Crippen molar-refractivity contribution in [3.8, 4) is 0 Å². The molecule has 0 bridgehead atoms. The molecule has 2 aromatic carbocycles.